The van der Waals surface area contributed by atoms with Crippen LogP contribution in [0.2, 0.25) is 0 Å². The summed E-state index contributed by atoms with van der Waals surface area (Å²) in [6, 6.07) is 0. The first-order valence-corrected chi connectivity index (χ1v) is 2.48. The number of halogens is 3. The largest absolute Gasteiger partial charge is 0.321 e. The van der Waals surface area contributed by atoms with Crippen LogP contribution < -0.4 is 0 Å². The van der Waals surface area contributed by atoms with Crippen LogP contribution in [0, 0.1) is 6.26 Å². The van der Waals surface area contributed by atoms with Gasteiger partial charge in [0.1, 0.15) is 0 Å². The zero-order valence-electron chi connectivity index (χ0n) is 3.46. The Morgan fingerprint density at radius 1 is 1.57 bits per heavy atom. The fourth-order valence-corrected chi connectivity index (χ4v) is 0.116. The highest BCUT2D eigenvalue weighted by molar-refractivity contribution is 8.01. The van der Waals surface area contributed by atoms with Crippen molar-refractivity contribution in [1.29, 1.82) is 0 Å². The average molecular weight is 129 g/mol. The topological polar surface area (TPSA) is 0 Å². The molecule has 7 heavy (non-hydrogen) atoms. The van der Waals surface area contributed by atoms with Gasteiger partial charge in [-0.2, -0.15) is 8.78 Å². The minimum absolute atomic E-state index is 0.0313. The molecule has 0 bridgehead atoms. The summed E-state index contributed by atoms with van der Waals surface area (Å²) in [7, 11) is 0. The van der Waals surface area contributed by atoms with Gasteiger partial charge in [-0.1, -0.05) is 11.8 Å². The molecule has 0 aliphatic rings. The summed E-state index contributed by atoms with van der Waals surface area (Å²) in [4.78, 5) is 0. The third-order valence-electron chi connectivity index (χ3n) is 0.367. The lowest BCUT2D eigenvalue weighted by Gasteiger charge is -2.04. The molecule has 0 fully saturated rings. The molecule has 0 aromatic heterocycles. The van der Waals surface area contributed by atoms with Crippen molar-refractivity contribution < 1.29 is 13.2 Å². The molecular formula is C3H4F3S. The van der Waals surface area contributed by atoms with Gasteiger partial charge in [0.2, 0.25) is 0 Å². The Balaban J connectivity index is 3.36. The fraction of sp³-hybridized carbons (Fsp3) is 0.667. The third kappa shape index (κ3) is 2.79. The Morgan fingerprint density at radius 3 is 2.00 bits per heavy atom. The molecular weight excluding hydrogens is 125 g/mol. The Labute approximate surface area is 44.1 Å². The zero-order chi connectivity index (χ0) is 5.91. The van der Waals surface area contributed by atoms with Crippen molar-refractivity contribution in [3.8, 4) is 0 Å². The first-order valence-electron chi connectivity index (χ1n) is 1.49. The highest BCUT2D eigenvalue weighted by Gasteiger charge is 2.26. The maximum atomic E-state index is 11.4. The normalized spacial score (nSPS) is 12.0. The number of rotatable bonds is 2. The Bertz CT molecular complexity index is 48.1. The van der Waals surface area contributed by atoms with Crippen molar-refractivity contribution in [1.82, 2.24) is 0 Å². The van der Waals surface area contributed by atoms with E-state index in [-0.39, 0.29) is 11.8 Å². The van der Waals surface area contributed by atoms with E-state index in [0.717, 1.165) is 0 Å². The predicted molar refractivity (Wildman–Crippen MR) is 23.9 cm³/mol. The van der Waals surface area contributed by atoms with E-state index in [1.807, 2.05) is 0 Å². The van der Waals surface area contributed by atoms with Crippen molar-refractivity contribution >= 4 is 11.8 Å². The summed E-state index contributed by atoms with van der Waals surface area (Å²) < 4.78 is 33.8. The van der Waals surface area contributed by atoms with Crippen LogP contribution in [-0.4, -0.2) is 11.9 Å². The number of alkyl halides is 3. The van der Waals surface area contributed by atoms with Gasteiger partial charge in [-0.3, -0.25) is 0 Å². The SMILES string of the molecule is [CH2]SC(F)(F)CF. The fourth-order valence-electron chi connectivity index (χ4n) is 0.0386. The van der Waals surface area contributed by atoms with E-state index in [2.05, 4.69) is 6.26 Å². The van der Waals surface area contributed by atoms with E-state index >= 15 is 0 Å². The van der Waals surface area contributed by atoms with Gasteiger partial charge in [0.05, 0.1) is 0 Å². The molecule has 43 valence electrons. The van der Waals surface area contributed by atoms with Crippen LogP contribution in [0.1, 0.15) is 0 Å². The maximum absolute atomic E-state index is 11.4. The monoisotopic (exact) mass is 129 g/mol. The molecule has 0 aromatic rings. The van der Waals surface area contributed by atoms with Crippen LogP contribution in [0.4, 0.5) is 13.2 Å². The zero-order valence-corrected chi connectivity index (χ0v) is 4.27. The Kier molecular flexibility index (Phi) is 2.50. The quantitative estimate of drug-likeness (QED) is 0.550. The van der Waals surface area contributed by atoms with Gasteiger partial charge >= 0.3 is 5.25 Å². The van der Waals surface area contributed by atoms with Crippen molar-refractivity contribution in [2.75, 3.05) is 6.67 Å². The van der Waals surface area contributed by atoms with E-state index in [9.17, 15) is 13.2 Å². The van der Waals surface area contributed by atoms with Gasteiger partial charge < -0.3 is 0 Å². The van der Waals surface area contributed by atoms with Gasteiger partial charge in [0, 0.05) is 6.26 Å². The van der Waals surface area contributed by atoms with Crippen LogP contribution in [0.25, 0.3) is 0 Å². The standard InChI is InChI=1S/C3H4F3S/c1-7-3(5,6)2-4/h1-2H2. The molecule has 0 nitrogen and oxygen atoms in total. The molecule has 0 rings (SSSR count). The molecule has 0 aliphatic heterocycles. The summed E-state index contributed by atoms with van der Waals surface area (Å²) in [5, 5.41) is -3.28. The summed E-state index contributed by atoms with van der Waals surface area (Å²) in [5.41, 5.74) is 0. The molecule has 0 spiro atoms. The second-order valence-corrected chi connectivity index (χ2v) is 1.80. The molecule has 0 aromatic carbocycles. The highest BCUT2D eigenvalue weighted by atomic mass is 32.2. The molecule has 4 heteroatoms. The van der Waals surface area contributed by atoms with Gasteiger partial charge in [-0.25, -0.2) is 4.39 Å². The van der Waals surface area contributed by atoms with E-state index < -0.39 is 11.9 Å². The van der Waals surface area contributed by atoms with Crippen LogP contribution >= 0.6 is 11.8 Å². The Hall–Kier alpha value is 0.140. The van der Waals surface area contributed by atoms with E-state index in [1.54, 1.807) is 0 Å². The van der Waals surface area contributed by atoms with E-state index in [0.29, 0.717) is 0 Å². The van der Waals surface area contributed by atoms with Crippen molar-refractivity contribution in [3.63, 3.8) is 0 Å². The predicted octanol–water partition coefficient (Wildman–Crippen LogP) is 2.07. The smallest absolute Gasteiger partial charge is 0.243 e. The Morgan fingerprint density at radius 2 is 2.00 bits per heavy atom. The molecule has 0 saturated heterocycles. The summed E-state index contributed by atoms with van der Waals surface area (Å²) in [6.07, 6.45) is 2.75. The molecule has 0 heterocycles. The van der Waals surface area contributed by atoms with Gasteiger partial charge in [0.15, 0.2) is 6.67 Å². The molecule has 0 amide bonds. The summed E-state index contributed by atoms with van der Waals surface area (Å²) in [6.45, 7) is -1.64. The lowest BCUT2D eigenvalue weighted by atomic mass is 10.8. The number of thioether (sulfide) groups is 1. The van der Waals surface area contributed by atoms with Crippen molar-refractivity contribution in [2.45, 2.75) is 5.25 Å². The second-order valence-electron chi connectivity index (χ2n) is 0.915. The second kappa shape index (κ2) is 2.45. The van der Waals surface area contributed by atoms with Gasteiger partial charge in [0.25, 0.3) is 0 Å². The van der Waals surface area contributed by atoms with Crippen molar-refractivity contribution in [2.24, 2.45) is 0 Å². The first-order chi connectivity index (χ1) is 3.12. The first kappa shape index (κ1) is 7.14. The molecule has 0 aliphatic carbocycles. The highest BCUT2D eigenvalue weighted by Crippen LogP contribution is 2.27. The van der Waals surface area contributed by atoms with Crippen LogP contribution in [0.5, 0.6) is 0 Å². The molecule has 0 saturated carbocycles. The minimum atomic E-state index is -3.28. The molecule has 0 unspecified atom stereocenters. The van der Waals surface area contributed by atoms with E-state index in [4.69, 9.17) is 0 Å². The lowest BCUT2D eigenvalue weighted by molar-refractivity contribution is 0.0749. The number of hydrogen-bond acceptors (Lipinski definition) is 1. The van der Waals surface area contributed by atoms with Crippen LogP contribution in [0.3, 0.4) is 0 Å². The van der Waals surface area contributed by atoms with E-state index in [1.165, 1.54) is 0 Å². The van der Waals surface area contributed by atoms with Crippen LogP contribution in [-0.2, 0) is 0 Å². The van der Waals surface area contributed by atoms with Gasteiger partial charge in [-0.15, -0.1) is 0 Å². The lowest BCUT2D eigenvalue weighted by Crippen LogP contribution is -2.10. The summed E-state index contributed by atoms with van der Waals surface area (Å²) in [5.74, 6) is 0. The maximum Gasteiger partial charge on any atom is 0.321 e. The number of hydrogen-bond donors (Lipinski definition) is 0. The summed E-state index contributed by atoms with van der Waals surface area (Å²) >= 11 is -0.0313. The van der Waals surface area contributed by atoms with Crippen LogP contribution in [0.15, 0.2) is 0 Å². The molecule has 1 radical (unpaired) electrons. The van der Waals surface area contributed by atoms with Crippen molar-refractivity contribution in [3.05, 3.63) is 6.26 Å². The molecule has 0 atom stereocenters. The minimum Gasteiger partial charge on any atom is -0.243 e. The third-order valence-corrected chi connectivity index (χ3v) is 0.898. The average Bonchev–Trinajstić information content (AvgIpc) is 1.68. The van der Waals surface area contributed by atoms with Gasteiger partial charge in [-0.05, 0) is 0 Å². The molecule has 0 N–H and O–H groups in total.